The average Bonchev–Trinajstić information content (AvgIpc) is 2.27. The molecule has 0 spiro atoms. The number of hydrogen-bond acceptors (Lipinski definition) is 5. The number of nitrogens with one attached hydrogen (secondary N) is 1. The molecule has 80 valence electrons. The predicted octanol–water partition coefficient (Wildman–Crippen LogP) is 1.19. The van der Waals surface area contributed by atoms with Gasteiger partial charge in [0, 0.05) is 13.2 Å². The highest BCUT2D eigenvalue weighted by Gasteiger charge is 2.05. The van der Waals surface area contributed by atoms with Gasteiger partial charge in [-0.3, -0.25) is 0 Å². The molecule has 5 heteroatoms. The maximum absolute atomic E-state index is 8.80. The molecule has 1 N–H and O–H groups in total. The van der Waals surface area contributed by atoms with Gasteiger partial charge in [-0.05, 0) is 19.9 Å². The van der Waals surface area contributed by atoms with Crippen molar-refractivity contribution in [2.24, 2.45) is 0 Å². The molecule has 0 saturated carbocycles. The lowest BCUT2D eigenvalue weighted by molar-refractivity contribution is 0.0854. The van der Waals surface area contributed by atoms with Gasteiger partial charge >= 0.3 is 0 Å². The van der Waals surface area contributed by atoms with Crippen LogP contribution >= 0.6 is 0 Å². The van der Waals surface area contributed by atoms with Crippen LogP contribution in [0.25, 0.3) is 0 Å². The fourth-order valence-corrected chi connectivity index (χ4v) is 1.14. The molecule has 0 amide bonds. The minimum atomic E-state index is 0.0866. The minimum Gasteiger partial charge on any atom is -0.377 e. The smallest absolute Gasteiger partial charge is 0.166 e. The zero-order chi connectivity index (χ0) is 11.1. The quantitative estimate of drug-likeness (QED) is 0.783. The van der Waals surface area contributed by atoms with Gasteiger partial charge in [-0.2, -0.15) is 10.4 Å². The third kappa shape index (κ3) is 3.52. The monoisotopic (exact) mass is 206 g/mol. The van der Waals surface area contributed by atoms with Crippen LogP contribution < -0.4 is 5.32 Å². The van der Waals surface area contributed by atoms with E-state index in [1.54, 1.807) is 6.07 Å². The van der Waals surface area contributed by atoms with Crippen molar-refractivity contribution in [3.63, 3.8) is 0 Å². The molecule has 1 heterocycles. The molecule has 0 aliphatic heterocycles. The second-order valence-electron chi connectivity index (χ2n) is 3.05. The molecular weight excluding hydrogens is 192 g/mol. The van der Waals surface area contributed by atoms with Crippen LogP contribution in [0.4, 0.5) is 5.82 Å². The molecular formula is C10H14N4O. The molecule has 15 heavy (non-hydrogen) atoms. The van der Waals surface area contributed by atoms with Crippen molar-refractivity contribution >= 4 is 5.82 Å². The van der Waals surface area contributed by atoms with E-state index in [0.717, 1.165) is 0 Å². The van der Waals surface area contributed by atoms with Gasteiger partial charge < -0.3 is 10.1 Å². The Hall–Kier alpha value is -1.67. The van der Waals surface area contributed by atoms with Crippen LogP contribution in [0.5, 0.6) is 0 Å². The Morgan fingerprint density at radius 1 is 1.67 bits per heavy atom. The molecule has 0 aliphatic rings. The highest BCUT2D eigenvalue weighted by atomic mass is 16.5. The van der Waals surface area contributed by atoms with Crippen molar-refractivity contribution in [2.75, 3.05) is 18.5 Å². The van der Waals surface area contributed by atoms with Crippen molar-refractivity contribution in [3.8, 4) is 6.07 Å². The van der Waals surface area contributed by atoms with Crippen LogP contribution in [0.2, 0.25) is 0 Å². The second kappa shape index (κ2) is 5.94. The van der Waals surface area contributed by atoms with Crippen LogP contribution in [-0.2, 0) is 4.74 Å². The van der Waals surface area contributed by atoms with Crippen LogP contribution in [-0.4, -0.2) is 29.5 Å². The van der Waals surface area contributed by atoms with E-state index in [1.807, 2.05) is 19.9 Å². The van der Waals surface area contributed by atoms with E-state index in [-0.39, 0.29) is 6.10 Å². The van der Waals surface area contributed by atoms with Crippen molar-refractivity contribution in [3.05, 3.63) is 17.8 Å². The Morgan fingerprint density at radius 2 is 2.47 bits per heavy atom. The van der Waals surface area contributed by atoms with E-state index in [1.165, 1.54) is 6.20 Å². The summed E-state index contributed by atoms with van der Waals surface area (Å²) in [6.45, 7) is 5.19. The Bertz CT molecular complexity index is 348. The van der Waals surface area contributed by atoms with Crippen LogP contribution in [0, 0.1) is 11.3 Å². The highest BCUT2D eigenvalue weighted by Crippen LogP contribution is 2.08. The fraction of sp³-hybridized carbons (Fsp3) is 0.500. The van der Waals surface area contributed by atoms with Crippen LogP contribution in [0.15, 0.2) is 12.3 Å². The summed E-state index contributed by atoms with van der Waals surface area (Å²) in [6, 6.07) is 3.67. The molecule has 0 saturated heterocycles. The zero-order valence-electron chi connectivity index (χ0n) is 8.90. The van der Waals surface area contributed by atoms with Gasteiger partial charge in [0.15, 0.2) is 5.82 Å². The summed E-state index contributed by atoms with van der Waals surface area (Å²) in [4.78, 5) is 0. The maximum Gasteiger partial charge on any atom is 0.166 e. The van der Waals surface area contributed by atoms with Gasteiger partial charge in [0.25, 0.3) is 0 Å². The van der Waals surface area contributed by atoms with Gasteiger partial charge in [-0.25, -0.2) is 0 Å². The van der Waals surface area contributed by atoms with E-state index in [9.17, 15) is 0 Å². The van der Waals surface area contributed by atoms with Crippen molar-refractivity contribution < 1.29 is 4.74 Å². The molecule has 1 atom stereocenters. The van der Waals surface area contributed by atoms with Crippen molar-refractivity contribution in [2.45, 2.75) is 20.0 Å². The third-order valence-corrected chi connectivity index (χ3v) is 1.85. The summed E-state index contributed by atoms with van der Waals surface area (Å²) in [6.07, 6.45) is 1.58. The van der Waals surface area contributed by atoms with Gasteiger partial charge in [0.2, 0.25) is 0 Å². The molecule has 1 aromatic rings. The van der Waals surface area contributed by atoms with E-state index in [0.29, 0.717) is 24.5 Å². The molecule has 0 fully saturated rings. The Balaban J connectivity index is 2.54. The predicted molar refractivity (Wildman–Crippen MR) is 56.3 cm³/mol. The lowest BCUT2D eigenvalue weighted by Gasteiger charge is -2.12. The van der Waals surface area contributed by atoms with E-state index < -0.39 is 0 Å². The fourth-order valence-electron chi connectivity index (χ4n) is 1.14. The van der Waals surface area contributed by atoms with Gasteiger partial charge in [-0.1, -0.05) is 0 Å². The van der Waals surface area contributed by atoms with Gasteiger partial charge in [-0.15, -0.1) is 5.10 Å². The molecule has 5 nitrogen and oxygen atoms in total. The van der Waals surface area contributed by atoms with Crippen LogP contribution in [0.3, 0.4) is 0 Å². The first-order valence-corrected chi connectivity index (χ1v) is 4.85. The van der Waals surface area contributed by atoms with Gasteiger partial charge in [0.1, 0.15) is 6.07 Å². The summed E-state index contributed by atoms with van der Waals surface area (Å²) >= 11 is 0. The first kappa shape index (κ1) is 11.4. The lowest BCUT2D eigenvalue weighted by Crippen LogP contribution is -2.20. The number of aromatic nitrogens is 2. The number of ether oxygens (including phenoxy) is 1. The van der Waals surface area contributed by atoms with Crippen molar-refractivity contribution in [1.82, 2.24) is 10.2 Å². The van der Waals surface area contributed by atoms with E-state index in [4.69, 9.17) is 10.00 Å². The number of hydrogen-bond donors (Lipinski definition) is 1. The molecule has 1 aromatic heterocycles. The molecule has 0 aliphatic carbocycles. The maximum atomic E-state index is 8.80. The zero-order valence-corrected chi connectivity index (χ0v) is 8.90. The Kier molecular flexibility index (Phi) is 4.51. The molecule has 0 radical (unpaired) electrons. The Morgan fingerprint density at radius 3 is 3.13 bits per heavy atom. The number of nitrogens with zero attached hydrogens (tertiary/aromatic N) is 3. The number of anilines is 1. The van der Waals surface area contributed by atoms with E-state index in [2.05, 4.69) is 15.5 Å². The SMILES string of the molecule is CCOC(C)CNc1nnccc1C#N. The summed E-state index contributed by atoms with van der Waals surface area (Å²) in [5.74, 6) is 0.506. The minimum absolute atomic E-state index is 0.0866. The van der Waals surface area contributed by atoms with Gasteiger partial charge in [0.05, 0.1) is 17.9 Å². The van der Waals surface area contributed by atoms with Crippen molar-refractivity contribution in [1.29, 1.82) is 5.26 Å². The molecule has 1 unspecified atom stereocenters. The largest absolute Gasteiger partial charge is 0.377 e. The number of nitriles is 1. The summed E-state index contributed by atoms with van der Waals surface area (Å²) in [5.41, 5.74) is 0.494. The van der Waals surface area contributed by atoms with E-state index >= 15 is 0 Å². The lowest BCUT2D eigenvalue weighted by atomic mass is 10.3. The van der Waals surface area contributed by atoms with Crippen LogP contribution in [0.1, 0.15) is 19.4 Å². The highest BCUT2D eigenvalue weighted by molar-refractivity contribution is 5.50. The normalized spacial score (nSPS) is 11.8. The first-order valence-electron chi connectivity index (χ1n) is 4.85. The summed E-state index contributed by atoms with van der Waals surface area (Å²) in [7, 11) is 0. The molecule has 0 bridgehead atoms. The average molecular weight is 206 g/mol. The second-order valence-corrected chi connectivity index (χ2v) is 3.05. The summed E-state index contributed by atoms with van der Waals surface area (Å²) in [5, 5.41) is 19.4. The molecule has 1 rings (SSSR count). The Labute approximate surface area is 89.1 Å². The third-order valence-electron chi connectivity index (χ3n) is 1.85. The topological polar surface area (TPSA) is 70.8 Å². The summed E-state index contributed by atoms with van der Waals surface area (Å²) < 4.78 is 5.34. The first-order chi connectivity index (χ1) is 7.27. The number of rotatable bonds is 5. The molecule has 0 aromatic carbocycles. The standard InChI is InChI=1S/C10H14N4O/c1-3-15-8(2)7-12-10-9(6-11)4-5-13-14-10/h4-5,8H,3,7H2,1-2H3,(H,12,14).